The summed E-state index contributed by atoms with van der Waals surface area (Å²) in [5.41, 5.74) is 4.68. The van der Waals surface area contributed by atoms with Crippen LogP contribution in [0, 0.1) is 5.41 Å². The Bertz CT molecular complexity index is 388. The molecule has 0 aliphatic heterocycles. The van der Waals surface area contributed by atoms with Gasteiger partial charge >= 0.3 is 6.18 Å². The van der Waals surface area contributed by atoms with Crippen LogP contribution in [0.15, 0.2) is 24.3 Å². The highest BCUT2D eigenvalue weighted by Gasteiger charge is 2.34. The van der Waals surface area contributed by atoms with Gasteiger partial charge in [-0.3, -0.25) is 0 Å². The van der Waals surface area contributed by atoms with Crippen LogP contribution in [-0.4, -0.2) is 13.2 Å². The van der Waals surface area contributed by atoms with Crippen molar-refractivity contribution < 1.29 is 17.9 Å². The first kappa shape index (κ1) is 14.8. The summed E-state index contributed by atoms with van der Waals surface area (Å²) in [6.45, 7) is 4.59. The number of halogens is 3. The number of ether oxygens (including phenoxy) is 1. The Morgan fingerprint density at radius 1 is 1.17 bits per heavy atom. The molecule has 1 aromatic carbocycles. The fourth-order valence-electron chi connectivity index (χ4n) is 1.37. The monoisotopic (exact) mass is 261 g/mol. The first-order chi connectivity index (χ1) is 8.26. The molecule has 5 heteroatoms. The molecule has 0 unspecified atom stereocenters. The lowest BCUT2D eigenvalue weighted by Gasteiger charge is -2.22. The molecule has 0 aromatic heterocycles. The summed E-state index contributed by atoms with van der Waals surface area (Å²) in [6, 6.07) is 5.22. The number of benzene rings is 1. The zero-order valence-electron chi connectivity index (χ0n) is 10.6. The predicted molar refractivity (Wildman–Crippen MR) is 64.4 cm³/mol. The molecule has 0 saturated heterocycles. The highest BCUT2D eigenvalue weighted by atomic mass is 19.4. The Labute approximate surface area is 105 Å². The maximum absolute atomic E-state index is 12.7. The molecule has 0 atom stereocenters. The second-order valence-electron chi connectivity index (χ2n) is 4.96. The van der Waals surface area contributed by atoms with Gasteiger partial charge < -0.3 is 10.5 Å². The molecular weight excluding hydrogens is 243 g/mol. The summed E-state index contributed by atoms with van der Waals surface area (Å²) >= 11 is 0. The van der Waals surface area contributed by atoms with Crippen LogP contribution in [0.25, 0.3) is 0 Å². The molecule has 0 aliphatic carbocycles. The second-order valence-corrected chi connectivity index (χ2v) is 4.96. The van der Waals surface area contributed by atoms with Gasteiger partial charge in [0, 0.05) is 0 Å². The average molecular weight is 261 g/mol. The number of nitrogens with two attached hydrogens (primary N) is 1. The van der Waals surface area contributed by atoms with Gasteiger partial charge in [0.1, 0.15) is 5.75 Å². The lowest BCUT2D eigenvalue weighted by Crippen LogP contribution is -2.25. The lowest BCUT2D eigenvalue weighted by atomic mass is 9.90. The van der Waals surface area contributed by atoms with Gasteiger partial charge in [-0.05, 0) is 30.5 Å². The third kappa shape index (κ3) is 4.22. The van der Waals surface area contributed by atoms with E-state index in [1.54, 1.807) is 0 Å². The van der Waals surface area contributed by atoms with Crippen LogP contribution in [0.3, 0.4) is 0 Å². The maximum Gasteiger partial charge on any atom is 0.419 e. The van der Waals surface area contributed by atoms with Crippen molar-refractivity contribution in [2.45, 2.75) is 26.4 Å². The van der Waals surface area contributed by atoms with Crippen molar-refractivity contribution in [3.63, 3.8) is 0 Å². The van der Waals surface area contributed by atoms with E-state index in [0.717, 1.165) is 6.07 Å². The SMILES string of the molecule is CC(C)(CN)CCOc1ccccc1C(F)(F)F. The predicted octanol–water partition coefficient (Wildman–Crippen LogP) is 3.46. The van der Waals surface area contributed by atoms with E-state index in [1.807, 2.05) is 13.8 Å². The van der Waals surface area contributed by atoms with Gasteiger partial charge in [0.2, 0.25) is 0 Å². The van der Waals surface area contributed by atoms with Gasteiger partial charge in [0.05, 0.1) is 12.2 Å². The molecule has 0 saturated carbocycles. The third-order valence-electron chi connectivity index (χ3n) is 2.78. The molecule has 0 amide bonds. The van der Waals surface area contributed by atoms with E-state index in [-0.39, 0.29) is 17.8 Å². The molecule has 0 radical (unpaired) electrons. The van der Waals surface area contributed by atoms with Crippen LogP contribution in [0.4, 0.5) is 13.2 Å². The molecule has 1 aromatic rings. The topological polar surface area (TPSA) is 35.2 Å². The Morgan fingerprint density at radius 2 is 1.78 bits per heavy atom. The molecule has 0 bridgehead atoms. The summed E-state index contributed by atoms with van der Waals surface area (Å²) in [4.78, 5) is 0. The minimum atomic E-state index is -4.39. The van der Waals surface area contributed by atoms with Gasteiger partial charge in [0.25, 0.3) is 0 Å². The first-order valence-corrected chi connectivity index (χ1v) is 5.75. The summed E-state index contributed by atoms with van der Waals surface area (Å²) in [5.74, 6) is -0.127. The molecule has 0 aliphatic rings. The Balaban J connectivity index is 2.69. The Morgan fingerprint density at radius 3 is 2.33 bits per heavy atom. The largest absolute Gasteiger partial charge is 0.493 e. The van der Waals surface area contributed by atoms with Crippen LogP contribution >= 0.6 is 0 Å². The number of alkyl halides is 3. The summed E-state index contributed by atoms with van der Waals surface area (Å²) < 4.78 is 43.3. The zero-order valence-corrected chi connectivity index (χ0v) is 10.6. The molecule has 0 fully saturated rings. The maximum atomic E-state index is 12.7. The van der Waals surface area contributed by atoms with Crippen LogP contribution in [0.1, 0.15) is 25.8 Å². The third-order valence-corrected chi connectivity index (χ3v) is 2.78. The average Bonchev–Trinajstić information content (AvgIpc) is 2.28. The highest BCUT2D eigenvalue weighted by Crippen LogP contribution is 2.36. The van der Waals surface area contributed by atoms with Crippen molar-refractivity contribution in [1.29, 1.82) is 0 Å². The van der Waals surface area contributed by atoms with Gasteiger partial charge in [0.15, 0.2) is 0 Å². The van der Waals surface area contributed by atoms with Crippen molar-refractivity contribution in [3.8, 4) is 5.75 Å². The molecular formula is C13H18F3NO. The molecule has 2 nitrogen and oxygen atoms in total. The first-order valence-electron chi connectivity index (χ1n) is 5.75. The van der Waals surface area contributed by atoms with Gasteiger partial charge in [-0.15, -0.1) is 0 Å². The van der Waals surface area contributed by atoms with E-state index < -0.39 is 11.7 Å². The normalized spacial score (nSPS) is 12.6. The quantitative estimate of drug-likeness (QED) is 0.881. The Kier molecular flexibility index (Phi) is 4.62. The standard InChI is InChI=1S/C13H18F3NO/c1-12(2,9-17)7-8-18-11-6-4-3-5-10(11)13(14,15)16/h3-6H,7-9,17H2,1-2H3. The molecule has 0 spiro atoms. The van der Waals surface area contributed by atoms with Crippen LogP contribution in [-0.2, 0) is 6.18 Å². The van der Waals surface area contributed by atoms with Crippen molar-refractivity contribution in [2.24, 2.45) is 11.1 Å². The molecule has 2 N–H and O–H groups in total. The van der Waals surface area contributed by atoms with Gasteiger partial charge in [-0.25, -0.2) is 0 Å². The number of hydrogen-bond acceptors (Lipinski definition) is 2. The molecule has 0 heterocycles. The minimum absolute atomic E-state index is 0.127. The fraction of sp³-hybridized carbons (Fsp3) is 0.538. The van der Waals surface area contributed by atoms with Gasteiger partial charge in [-0.2, -0.15) is 13.2 Å². The summed E-state index contributed by atoms with van der Waals surface area (Å²) in [5, 5.41) is 0. The number of para-hydroxylation sites is 1. The summed E-state index contributed by atoms with van der Waals surface area (Å²) in [7, 11) is 0. The lowest BCUT2D eigenvalue weighted by molar-refractivity contribution is -0.139. The second kappa shape index (κ2) is 5.61. The van der Waals surface area contributed by atoms with Crippen LogP contribution < -0.4 is 10.5 Å². The zero-order chi connectivity index (χ0) is 13.8. The summed E-state index contributed by atoms with van der Waals surface area (Å²) in [6.07, 6.45) is -3.78. The smallest absolute Gasteiger partial charge is 0.419 e. The highest BCUT2D eigenvalue weighted by molar-refractivity contribution is 5.35. The van der Waals surface area contributed by atoms with E-state index in [9.17, 15) is 13.2 Å². The van der Waals surface area contributed by atoms with Gasteiger partial charge in [-0.1, -0.05) is 26.0 Å². The van der Waals surface area contributed by atoms with Crippen LogP contribution in [0.5, 0.6) is 5.75 Å². The van der Waals surface area contributed by atoms with E-state index in [1.165, 1.54) is 18.2 Å². The number of hydrogen-bond donors (Lipinski definition) is 1. The van der Waals surface area contributed by atoms with E-state index >= 15 is 0 Å². The number of rotatable bonds is 5. The molecule has 102 valence electrons. The molecule has 18 heavy (non-hydrogen) atoms. The van der Waals surface area contributed by atoms with E-state index in [0.29, 0.717) is 13.0 Å². The Hall–Kier alpha value is -1.23. The van der Waals surface area contributed by atoms with Crippen molar-refractivity contribution >= 4 is 0 Å². The van der Waals surface area contributed by atoms with Crippen molar-refractivity contribution in [1.82, 2.24) is 0 Å². The van der Waals surface area contributed by atoms with Crippen molar-refractivity contribution in [3.05, 3.63) is 29.8 Å². The van der Waals surface area contributed by atoms with E-state index in [4.69, 9.17) is 10.5 Å². The molecule has 1 rings (SSSR count). The van der Waals surface area contributed by atoms with Crippen LogP contribution in [0.2, 0.25) is 0 Å². The minimum Gasteiger partial charge on any atom is -0.493 e. The fourth-order valence-corrected chi connectivity index (χ4v) is 1.37. The van der Waals surface area contributed by atoms with E-state index in [2.05, 4.69) is 0 Å². The van der Waals surface area contributed by atoms with Crippen molar-refractivity contribution in [2.75, 3.05) is 13.2 Å².